The second-order valence-electron chi connectivity index (χ2n) is 6.17. The van der Waals surface area contributed by atoms with E-state index >= 15 is 0 Å². The van der Waals surface area contributed by atoms with Gasteiger partial charge in [0, 0.05) is 32.7 Å². The first kappa shape index (κ1) is 18.5. The van der Waals surface area contributed by atoms with Crippen LogP contribution in [-0.2, 0) is 13.1 Å². The molecule has 0 saturated carbocycles. The molecular formula is C17H29N3O2. The maximum absolute atomic E-state index is 12.0. The minimum Gasteiger partial charge on any atom is -0.392 e. The van der Waals surface area contributed by atoms with Crippen molar-refractivity contribution < 1.29 is 9.90 Å². The molecule has 2 N–H and O–H groups in total. The molecule has 0 heterocycles. The zero-order valence-corrected chi connectivity index (χ0v) is 14.3. The Bertz CT molecular complexity index is 475. The van der Waals surface area contributed by atoms with Crippen LogP contribution in [0.3, 0.4) is 0 Å². The molecule has 0 radical (unpaired) electrons. The zero-order chi connectivity index (χ0) is 16.7. The van der Waals surface area contributed by atoms with Crippen LogP contribution < -0.4 is 5.32 Å². The lowest BCUT2D eigenvalue weighted by atomic mass is 10.1. The number of rotatable bonds is 7. The number of carbonyl (C=O) groups excluding carboxylic acids is 1. The van der Waals surface area contributed by atoms with Crippen LogP contribution in [0.25, 0.3) is 0 Å². The number of carbonyl (C=O) groups is 1. The Hall–Kier alpha value is -1.59. The van der Waals surface area contributed by atoms with Crippen molar-refractivity contribution in [2.75, 3.05) is 20.6 Å². The molecule has 2 amide bonds. The van der Waals surface area contributed by atoms with E-state index in [1.54, 1.807) is 14.0 Å². The van der Waals surface area contributed by atoms with Gasteiger partial charge in [0.25, 0.3) is 0 Å². The molecule has 0 aliphatic heterocycles. The summed E-state index contributed by atoms with van der Waals surface area (Å²) in [7, 11) is 3.77. The SMILES string of the molecule is CC(O)CN(C)C(=O)NCc1ccccc1CN(C)C(C)C. The van der Waals surface area contributed by atoms with Gasteiger partial charge in [-0.15, -0.1) is 0 Å². The fourth-order valence-electron chi connectivity index (χ4n) is 2.12. The first-order chi connectivity index (χ1) is 10.3. The van der Waals surface area contributed by atoms with Gasteiger partial charge in [-0.05, 0) is 38.9 Å². The normalized spacial score (nSPS) is 12.5. The van der Waals surface area contributed by atoms with Gasteiger partial charge < -0.3 is 15.3 Å². The molecule has 0 bridgehead atoms. The number of aliphatic hydroxyl groups excluding tert-OH is 1. The van der Waals surface area contributed by atoms with Crippen LogP contribution in [0.2, 0.25) is 0 Å². The monoisotopic (exact) mass is 307 g/mol. The lowest BCUT2D eigenvalue weighted by Crippen LogP contribution is -2.40. The number of urea groups is 1. The highest BCUT2D eigenvalue weighted by Gasteiger charge is 2.12. The third-order valence-corrected chi connectivity index (χ3v) is 3.73. The average molecular weight is 307 g/mol. The number of likely N-dealkylation sites (N-methyl/N-ethyl adjacent to an activating group) is 1. The minimum atomic E-state index is -0.525. The van der Waals surface area contributed by atoms with Gasteiger partial charge in [0.05, 0.1) is 6.10 Å². The van der Waals surface area contributed by atoms with Crippen molar-refractivity contribution in [1.82, 2.24) is 15.1 Å². The predicted octanol–water partition coefficient (Wildman–Crippen LogP) is 2.05. The van der Waals surface area contributed by atoms with Gasteiger partial charge in [0.15, 0.2) is 0 Å². The summed E-state index contributed by atoms with van der Waals surface area (Å²) in [5.74, 6) is 0. The van der Waals surface area contributed by atoms with Gasteiger partial charge in [-0.1, -0.05) is 24.3 Å². The second-order valence-corrected chi connectivity index (χ2v) is 6.17. The van der Waals surface area contributed by atoms with E-state index in [1.807, 2.05) is 18.2 Å². The van der Waals surface area contributed by atoms with Crippen LogP contribution in [0, 0.1) is 0 Å². The number of nitrogens with one attached hydrogen (secondary N) is 1. The Labute approximate surface area is 133 Å². The summed E-state index contributed by atoms with van der Waals surface area (Å²) in [4.78, 5) is 15.7. The zero-order valence-electron chi connectivity index (χ0n) is 14.3. The molecule has 5 heteroatoms. The van der Waals surface area contributed by atoms with E-state index in [-0.39, 0.29) is 6.03 Å². The third-order valence-electron chi connectivity index (χ3n) is 3.73. The molecule has 0 aliphatic carbocycles. The van der Waals surface area contributed by atoms with Gasteiger partial charge in [-0.25, -0.2) is 4.79 Å². The topological polar surface area (TPSA) is 55.8 Å². The Morgan fingerprint density at radius 1 is 1.18 bits per heavy atom. The first-order valence-electron chi connectivity index (χ1n) is 7.75. The number of benzene rings is 1. The molecule has 0 fully saturated rings. The van der Waals surface area contributed by atoms with Gasteiger partial charge in [0.1, 0.15) is 0 Å². The van der Waals surface area contributed by atoms with Crippen LogP contribution in [0.4, 0.5) is 4.79 Å². The smallest absolute Gasteiger partial charge is 0.317 e. The van der Waals surface area contributed by atoms with Gasteiger partial charge in [-0.3, -0.25) is 4.90 Å². The van der Waals surface area contributed by atoms with Crippen LogP contribution in [0.5, 0.6) is 0 Å². The van der Waals surface area contributed by atoms with Crippen molar-refractivity contribution in [3.05, 3.63) is 35.4 Å². The summed E-state index contributed by atoms with van der Waals surface area (Å²) >= 11 is 0. The van der Waals surface area contributed by atoms with E-state index < -0.39 is 6.10 Å². The number of amides is 2. The van der Waals surface area contributed by atoms with Crippen molar-refractivity contribution in [3.63, 3.8) is 0 Å². The third kappa shape index (κ3) is 6.03. The second kappa shape index (κ2) is 8.76. The van der Waals surface area contributed by atoms with Crippen molar-refractivity contribution in [2.24, 2.45) is 0 Å². The van der Waals surface area contributed by atoms with Crippen molar-refractivity contribution in [1.29, 1.82) is 0 Å². The molecule has 1 unspecified atom stereocenters. The summed E-state index contributed by atoms with van der Waals surface area (Å²) in [6, 6.07) is 8.44. The van der Waals surface area contributed by atoms with E-state index in [1.165, 1.54) is 10.5 Å². The summed E-state index contributed by atoms with van der Waals surface area (Å²) in [5.41, 5.74) is 2.34. The van der Waals surface area contributed by atoms with Crippen LogP contribution in [0.15, 0.2) is 24.3 Å². The van der Waals surface area contributed by atoms with E-state index in [0.717, 1.165) is 12.1 Å². The van der Waals surface area contributed by atoms with E-state index in [9.17, 15) is 9.90 Å². The molecule has 0 spiro atoms. The predicted molar refractivity (Wildman–Crippen MR) is 89.6 cm³/mol. The highest BCUT2D eigenvalue weighted by molar-refractivity contribution is 5.73. The van der Waals surface area contributed by atoms with Gasteiger partial charge >= 0.3 is 6.03 Å². The molecule has 22 heavy (non-hydrogen) atoms. The molecule has 0 aliphatic rings. The molecule has 1 rings (SSSR count). The molecule has 1 aromatic carbocycles. The van der Waals surface area contributed by atoms with Crippen molar-refractivity contribution in [3.8, 4) is 0 Å². The quantitative estimate of drug-likeness (QED) is 0.810. The maximum Gasteiger partial charge on any atom is 0.317 e. The highest BCUT2D eigenvalue weighted by atomic mass is 16.3. The number of nitrogens with zero attached hydrogens (tertiary/aromatic N) is 2. The number of hydrogen-bond donors (Lipinski definition) is 2. The lowest BCUT2D eigenvalue weighted by molar-refractivity contribution is 0.143. The minimum absolute atomic E-state index is 0.173. The standard InChI is InChI=1S/C17H29N3O2/c1-13(2)19(4)12-16-9-7-6-8-15(16)10-18-17(22)20(5)11-14(3)21/h6-9,13-14,21H,10-12H2,1-5H3,(H,18,22). The maximum atomic E-state index is 12.0. The first-order valence-corrected chi connectivity index (χ1v) is 7.75. The average Bonchev–Trinajstić information content (AvgIpc) is 2.45. The molecule has 1 atom stereocenters. The Morgan fingerprint density at radius 3 is 2.32 bits per heavy atom. The van der Waals surface area contributed by atoms with Crippen LogP contribution in [-0.4, -0.2) is 53.7 Å². The molecule has 1 aromatic rings. The molecular weight excluding hydrogens is 278 g/mol. The summed E-state index contributed by atoms with van der Waals surface area (Å²) in [6.07, 6.45) is -0.525. The fourth-order valence-corrected chi connectivity index (χ4v) is 2.12. The van der Waals surface area contributed by atoms with E-state index in [2.05, 4.69) is 37.2 Å². The molecule has 124 valence electrons. The Kier molecular flexibility index (Phi) is 7.35. The van der Waals surface area contributed by atoms with Gasteiger partial charge in [-0.2, -0.15) is 0 Å². The van der Waals surface area contributed by atoms with Crippen molar-refractivity contribution in [2.45, 2.75) is 46.0 Å². The number of aliphatic hydroxyl groups is 1. The molecule has 5 nitrogen and oxygen atoms in total. The summed E-state index contributed by atoms with van der Waals surface area (Å²) in [5, 5.41) is 12.2. The lowest BCUT2D eigenvalue weighted by Gasteiger charge is -2.23. The van der Waals surface area contributed by atoms with Crippen molar-refractivity contribution >= 4 is 6.03 Å². The summed E-state index contributed by atoms with van der Waals surface area (Å²) in [6.45, 7) is 7.66. The molecule has 0 saturated heterocycles. The van der Waals surface area contributed by atoms with Crippen LogP contribution in [0.1, 0.15) is 31.9 Å². The van der Waals surface area contributed by atoms with E-state index in [0.29, 0.717) is 19.1 Å². The fraction of sp³-hybridized carbons (Fsp3) is 0.588. The Balaban J connectivity index is 2.64. The number of hydrogen-bond acceptors (Lipinski definition) is 3. The Morgan fingerprint density at radius 2 is 1.77 bits per heavy atom. The molecule has 0 aromatic heterocycles. The summed E-state index contributed by atoms with van der Waals surface area (Å²) < 4.78 is 0. The highest BCUT2D eigenvalue weighted by Crippen LogP contribution is 2.12. The van der Waals surface area contributed by atoms with E-state index in [4.69, 9.17) is 0 Å². The van der Waals surface area contributed by atoms with Crippen LogP contribution >= 0.6 is 0 Å². The van der Waals surface area contributed by atoms with Gasteiger partial charge in [0.2, 0.25) is 0 Å². The largest absolute Gasteiger partial charge is 0.392 e.